The van der Waals surface area contributed by atoms with Crippen molar-refractivity contribution in [2.75, 3.05) is 26.7 Å². The Hall–Kier alpha value is -0.0800. The van der Waals surface area contributed by atoms with Crippen molar-refractivity contribution in [3.8, 4) is 0 Å². The first-order chi connectivity index (χ1) is 5.68. The van der Waals surface area contributed by atoms with Crippen molar-refractivity contribution in [2.45, 2.75) is 33.8 Å². The lowest BCUT2D eigenvalue weighted by molar-refractivity contribution is 0.0592. The predicted molar refractivity (Wildman–Crippen MR) is 53.4 cm³/mol. The van der Waals surface area contributed by atoms with Gasteiger partial charge in [0.25, 0.3) is 0 Å². The first-order valence-electron chi connectivity index (χ1n) is 4.98. The third-order valence-electron chi connectivity index (χ3n) is 1.86. The summed E-state index contributed by atoms with van der Waals surface area (Å²) in [6.45, 7) is 11.5. The Bertz CT molecular complexity index is 94.0. The molecular weight excluding hydrogens is 150 g/mol. The van der Waals surface area contributed by atoms with E-state index in [9.17, 15) is 0 Å². The minimum Gasteiger partial charge on any atom is -0.377 e. The maximum absolute atomic E-state index is 5.54. The highest BCUT2D eigenvalue weighted by molar-refractivity contribution is 4.66. The summed E-state index contributed by atoms with van der Waals surface area (Å²) in [4.78, 5) is 2.34. The summed E-state index contributed by atoms with van der Waals surface area (Å²) in [5.41, 5.74) is 0. The van der Waals surface area contributed by atoms with Gasteiger partial charge in [0.15, 0.2) is 0 Å². The van der Waals surface area contributed by atoms with Gasteiger partial charge in [-0.05, 0) is 19.9 Å². The van der Waals surface area contributed by atoms with Gasteiger partial charge in [0.1, 0.15) is 0 Å². The standard InChI is InChI=1S/C8H17NO.C2H6/c1-7-4-9(3)5-8(2)10-6-7;1-2/h7-8H,4-6H2,1-3H3;1-2H3/t7-,8+;/m1./s1. The van der Waals surface area contributed by atoms with E-state index in [1.807, 2.05) is 13.8 Å². The molecule has 12 heavy (non-hydrogen) atoms. The summed E-state index contributed by atoms with van der Waals surface area (Å²) in [5, 5.41) is 0. The first kappa shape index (κ1) is 11.9. The van der Waals surface area contributed by atoms with Crippen LogP contribution in [0, 0.1) is 5.92 Å². The molecule has 74 valence electrons. The highest BCUT2D eigenvalue weighted by Gasteiger charge is 2.15. The Morgan fingerprint density at radius 2 is 1.75 bits per heavy atom. The van der Waals surface area contributed by atoms with E-state index in [0.717, 1.165) is 13.2 Å². The second kappa shape index (κ2) is 6.44. The molecule has 0 bridgehead atoms. The van der Waals surface area contributed by atoms with E-state index in [2.05, 4.69) is 25.8 Å². The Morgan fingerprint density at radius 1 is 1.17 bits per heavy atom. The third kappa shape index (κ3) is 4.73. The van der Waals surface area contributed by atoms with Crippen LogP contribution in [0.1, 0.15) is 27.7 Å². The highest BCUT2D eigenvalue weighted by Crippen LogP contribution is 2.07. The van der Waals surface area contributed by atoms with Crippen LogP contribution >= 0.6 is 0 Å². The Balaban J connectivity index is 0.000000561. The van der Waals surface area contributed by atoms with E-state index < -0.39 is 0 Å². The summed E-state index contributed by atoms with van der Waals surface area (Å²) >= 11 is 0. The summed E-state index contributed by atoms with van der Waals surface area (Å²) in [6.07, 6.45) is 0.412. The van der Waals surface area contributed by atoms with Gasteiger partial charge in [-0.3, -0.25) is 0 Å². The lowest BCUT2D eigenvalue weighted by Gasteiger charge is -2.16. The van der Waals surface area contributed by atoms with Crippen molar-refractivity contribution in [1.29, 1.82) is 0 Å². The highest BCUT2D eigenvalue weighted by atomic mass is 16.5. The largest absolute Gasteiger partial charge is 0.377 e. The number of ether oxygens (including phenoxy) is 1. The predicted octanol–water partition coefficient (Wildman–Crippen LogP) is 2.00. The average molecular weight is 173 g/mol. The smallest absolute Gasteiger partial charge is 0.0673 e. The molecule has 1 aliphatic rings. The fourth-order valence-electron chi connectivity index (χ4n) is 1.48. The zero-order valence-electron chi connectivity index (χ0n) is 9.13. The van der Waals surface area contributed by atoms with Crippen LogP contribution in [0.15, 0.2) is 0 Å². The van der Waals surface area contributed by atoms with Gasteiger partial charge >= 0.3 is 0 Å². The van der Waals surface area contributed by atoms with Gasteiger partial charge in [-0.2, -0.15) is 0 Å². The van der Waals surface area contributed by atoms with Gasteiger partial charge < -0.3 is 9.64 Å². The van der Waals surface area contributed by atoms with E-state index in [1.54, 1.807) is 0 Å². The summed E-state index contributed by atoms with van der Waals surface area (Å²) in [6, 6.07) is 0. The van der Waals surface area contributed by atoms with Crippen LogP contribution in [0.5, 0.6) is 0 Å². The number of rotatable bonds is 0. The Labute approximate surface area is 76.9 Å². The maximum atomic E-state index is 5.54. The molecule has 0 unspecified atom stereocenters. The van der Waals surface area contributed by atoms with Crippen molar-refractivity contribution in [3.05, 3.63) is 0 Å². The topological polar surface area (TPSA) is 12.5 Å². The van der Waals surface area contributed by atoms with Crippen LogP contribution in [0.25, 0.3) is 0 Å². The zero-order valence-corrected chi connectivity index (χ0v) is 9.13. The molecule has 0 spiro atoms. The SMILES string of the molecule is CC.C[C@H]1CO[C@@H](C)CN(C)C1. The molecule has 0 saturated carbocycles. The van der Waals surface area contributed by atoms with Crippen molar-refractivity contribution >= 4 is 0 Å². The minimum absolute atomic E-state index is 0.412. The van der Waals surface area contributed by atoms with Gasteiger partial charge in [0.2, 0.25) is 0 Å². The number of hydrogen-bond acceptors (Lipinski definition) is 2. The first-order valence-corrected chi connectivity index (χ1v) is 4.98. The summed E-state index contributed by atoms with van der Waals surface area (Å²) in [5.74, 6) is 0.690. The molecule has 1 saturated heterocycles. The molecule has 0 aromatic heterocycles. The number of likely N-dealkylation sites (N-methyl/N-ethyl adjacent to an activating group) is 1. The minimum atomic E-state index is 0.412. The molecule has 1 heterocycles. The number of nitrogens with zero attached hydrogens (tertiary/aromatic N) is 1. The monoisotopic (exact) mass is 173 g/mol. The van der Waals surface area contributed by atoms with E-state index in [1.165, 1.54) is 6.54 Å². The molecular formula is C10H23NO. The average Bonchev–Trinajstić information content (AvgIpc) is 2.16. The molecule has 0 aromatic rings. The van der Waals surface area contributed by atoms with Crippen molar-refractivity contribution in [3.63, 3.8) is 0 Å². The second-order valence-corrected chi connectivity index (χ2v) is 3.47. The van der Waals surface area contributed by atoms with Crippen LogP contribution in [0.2, 0.25) is 0 Å². The van der Waals surface area contributed by atoms with Gasteiger partial charge in [-0.15, -0.1) is 0 Å². The molecule has 0 amide bonds. The van der Waals surface area contributed by atoms with Crippen LogP contribution in [0.4, 0.5) is 0 Å². The molecule has 1 aliphatic heterocycles. The normalized spacial score (nSPS) is 31.8. The fraction of sp³-hybridized carbons (Fsp3) is 1.00. The van der Waals surface area contributed by atoms with E-state index in [4.69, 9.17) is 4.74 Å². The van der Waals surface area contributed by atoms with Crippen molar-refractivity contribution in [1.82, 2.24) is 4.90 Å². The van der Waals surface area contributed by atoms with Gasteiger partial charge in [0, 0.05) is 13.1 Å². The zero-order chi connectivity index (χ0) is 9.56. The molecule has 0 aliphatic carbocycles. The molecule has 2 heteroatoms. The quantitative estimate of drug-likeness (QED) is 0.555. The number of hydrogen-bond donors (Lipinski definition) is 0. The molecule has 2 nitrogen and oxygen atoms in total. The van der Waals surface area contributed by atoms with E-state index in [0.29, 0.717) is 12.0 Å². The Kier molecular flexibility index (Phi) is 6.39. The summed E-state index contributed by atoms with van der Waals surface area (Å²) in [7, 11) is 2.15. The maximum Gasteiger partial charge on any atom is 0.0673 e. The van der Waals surface area contributed by atoms with Gasteiger partial charge in [-0.25, -0.2) is 0 Å². The Morgan fingerprint density at radius 3 is 2.33 bits per heavy atom. The van der Waals surface area contributed by atoms with Crippen LogP contribution in [-0.2, 0) is 4.74 Å². The third-order valence-corrected chi connectivity index (χ3v) is 1.86. The van der Waals surface area contributed by atoms with Gasteiger partial charge in [-0.1, -0.05) is 20.8 Å². The molecule has 1 rings (SSSR count). The molecule has 0 aromatic carbocycles. The van der Waals surface area contributed by atoms with Gasteiger partial charge in [0.05, 0.1) is 12.7 Å². The van der Waals surface area contributed by atoms with Crippen molar-refractivity contribution < 1.29 is 4.74 Å². The summed E-state index contributed by atoms with van der Waals surface area (Å²) < 4.78 is 5.54. The van der Waals surface area contributed by atoms with E-state index >= 15 is 0 Å². The second-order valence-electron chi connectivity index (χ2n) is 3.47. The fourth-order valence-corrected chi connectivity index (χ4v) is 1.48. The van der Waals surface area contributed by atoms with Crippen LogP contribution < -0.4 is 0 Å². The van der Waals surface area contributed by atoms with Crippen LogP contribution in [-0.4, -0.2) is 37.7 Å². The van der Waals surface area contributed by atoms with Crippen molar-refractivity contribution in [2.24, 2.45) is 5.92 Å². The lowest BCUT2D eigenvalue weighted by atomic mass is 10.2. The molecule has 0 radical (unpaired) electrons. The van der Waals surface area contributed by atoms with E-state index in [-0.39, 0.29) is 0 Å². The van der Waals surface area contributed by atoms with Crippen LogP contribution in [0.3, 0.4) is 0 Å². The molecule has 2 atom stereocenters. The molecule has 0 N–H and O–H groups in total. The molecule has 1 fully saturated rings. The lowest BCUT2D eigenvalue weighted by Crippen LogP contribution is -2.27.